The van der Waals surface area contributed by atoms with E-state index in [1.807, 2.05) is 31.2 Å². The molecule has 0 aliphatic heterocycles. The van der Waals surface area contributed by atoms with Crippen molar-refractivity contribution >= 4 is 39.5 Å². The third kappa shape index (κ3) is 2.38. The number of anilines is 1. The molecule has 2 rings (SSSR count). The first-order chi connectivity index (χ1) is 8.59. The van der Waals surface area contributed by atoms with Gasteiger partial charge in [-0.1, -0.05) is 12.1 Å². The summed E-state index contributed by atoms with van der Waals surface area (Å²) in [5.74, 6) is 0. The molecular formula is C12H13N5S. The highest BCUT2D eigenvalue weighted by Gasteiger charge is 2.07. The third-order valence-electron chi connectivity index (χ3n) is 2.52. The standard InChI is InChI=1S/C12H13N5S/c1-7(16-17-12(14)18)11-9-3-2-4-10(13)8(9)5-6-15-11/h2-6H,13H2,1H3,(H3,14,17,18)/b16-7+. The molecule has 5 N–H and O–H groups in total. The number of benzene rings is 1. The van der Waals surface area contributed by atoms with E-state index < -0.39 is 0 Å². The number of nitrogens with zero attached hydrogens (tertiary/aromatic N) is 2. The van der Waals surface area contributed by atoms with Gasteiger partial charge in [-0.25, -0.2) is 0 Å². The maximum atomic E-state index is 5.92. The molecule has 0 atom stereocenters. The number of fused-ring (bicyclic) bond motifs is 1. The fourth-order valence-electron chi connectivity index (χ4n) is 1.71. The fourth-order valence-corrected chi connectivity index (χ4v) is 1.76. The average molecular weight is 259 g/mol. The van der Waals surface area contributed by atoms with Crippen molar-refractivity contribution in [1.29, 1.82) is 0 Å². The predicted octanol–water partition coefficient (Wildman–Crippen LogP) is 1.37. The van der Waals surface area contributed by atoms with Crippen molar-refractivity contribution in [2.45, 2.75) is 6.92 Å². The summed E-state index contributed by atoms with van der Waals surface area (Å²) in [6, 6.07) is 7.57. The first kappa shape index (κ1) is 12.3. The molecule has 0 aliphatic rings. The number of nitrogens with one attached hydrogen (secondary N) is 1. The van der Waals surface area contributed by atoms with Crippen molar-refractivity contribution in [1.82, 2.24) is 10.4 Å². The number of pyridine rings is 1. The average Bonchev–Trinajstić information content (AvgIpc) is 2.36. The minimum Gasteiger partial charge on any atom is -0.398 e. The lowest BCUT2D eigenvalue weighted by molar-refractivity contribution is 1.03. The highest BCUT2D eigenvalue weighted by molar-refractivity contribution is 7.80. The Hall–Kier alpha value is -2.21. The maximum absolute atomic E-state index is 5.92. The fraction of sp³-hybridized carbons (Fsp3) is 0.0833. The Labute approximate surface area is 110 Å². The van der Waals surface area contributed by atoms with E-state index in [1.165, 1.54) is 0 Å². The molecule has 0 fully saturated rings. The number of nitrogen functional groups attached to an aromatic ring is 1. The first-order valence-corrected chi connectivity index (χ1v) is 5.73. The molecule has 1 aromatic heterocycles. The Kier molecular flexibility index (Phi) is 3.38. The van der Waals surface area contributed by atoms with Crippen LogP contribution in [0.3, 0.4) is 0 Å². The van der Waals surface area contributed by atoms with Crippen LogP contribution in [0.25, 0.3) is 10.8 Å². The lowest BCUT2D eigenvalue weighted by Crippen LogP contribution is -2.25. The normalized spacial score (nSPS) is 11.5. The van der Waals surface area contributed by atoms with Crippen LogP contribution >= 0.6 is 12.2 Å². The second kappa shape index (κ2) is 4.97. The summed E-state index contributed by atoms with van der Waals surface area (Å²) in [5.41, 5.74) is 16.0. The van der Waals surface area contributed by atoms with E-state index in [9.17, 15) is 0 Å². The van der Waals surface area contributed by atoms with E-state index in [-0.39, 0.29) is 5.11 Å². The number of thiocarbonyl (C=S) groups is 1. The third-order valence-corrected chi connectivity index (χ3v) is 2.61. The van der Waals surface area contributed by atoms with Crippen LogP contribution < -0.4 is 16.9 Å². The van der Waals surface area contributed by atoms with Gasteiger partial charge in [-0.15, -0.1) is 0 Å². The SMILES string of the molecule is C/C(=N\NC(N)=S)c1nccc2c(N)cccc12. The van der Waals surface area contributed by atoms with Gasteiger partial charge in [-0.2, -0.15) is 5.10 Å². The molecule has 2 aromatic rings. The van der Waals surface area contributed by atoms with E-state index in [4.69, 9.17) is 23.7 Å². The summed E-state index contributed by atoms with van der Waals surface area (Å²) >= 11 is 4.70. The van der Waals surface area contributed by atoms with E-state index in [1.54, 1.807) is 6.20 Å². The van der Waals surface area contributed by atoms with Gasteiger partial charge in [-0.05, 0) is 31.3 Å². The molecule has 5 nitrogen and oxygen atoms in total. The summed E-state index contributed by atoms with van der Waals surface area (Å²) in [6.45, 7) is 1.83. The zero-order chi connectivity index (χ0) is 13.1. The van der Waals surface area contributed by atoms with Gasteiger partial charge in [0.05, 0.1) is 11.4 Å². The van der Waals surface area contributed by atoms with Gasteiger partial charge in [0.25, 0.3) is 0 Å². The van der Waals surface area contributed by atoms with Crippen molar-refractivity contribution in [3.63, 3.8) is 0 Å². The van der Waals surface area contributed by atoms with Crippen molar-refractivity contribution < 1.29 is 0 Å². The van der Waals surface area contributed by atoms with E-state index in [0.29, 0.717) is 11.4 Å². The van der Waals surface area contributed by atoms with Gasteiger partial charge in [-0.3, -0.25) is 10.4 Å². The Balaban J connectivity index is 2.55. The molecule has 0 radical (unpaired) electrons. The smallest absolute Gasteiger partial charge is 0.184 e. The Morgan fingerprint density at radius 1 is 1.33 bits per heavy atom. The van der Waals surface area contributed by atoms with Gasteiger partial charge in [0.1, 0.15) is 0 Å². The van der Waals surface area contributed by atoms with E-state index >= 15 is 0 Å². The van der Waals surface area contributed by atoms with Crippen LogP contribution in [0.4, 0.5) is 5.69 Å². The number of aromatic nitrogens is 1. The van der Waals surface area contributed by atoms with Crippen LogP contribution in [-0.4, -0.2) is 15.8 Å². The molecule has 92 valence electrons. The summed E-state index contributed by atoms with van der Waals surface area (Å²) in [5, 5.41) is 6.09. The lowest BCUT2D eigenvalue weighted by atomic mass is 10.1. The topological polar surface area (TPSA) is 89.3 Å². The van der Waals surface area contributed by atoms with Gasteiger partial charge < -0.3 is 11.5 Å². The van der Waals surface area contributed by atoms with Crippen LogP contribution in [0.2, 0.25) is 0 Å². The van der Waals surface area contributed by atoms with Crippen LogP contribution in [0.1, 0.15) is 12.6 Å². The lowest BCUT2D eigenvalue weighted by Gasteiger charge is -2.07. The van der Waals surface area contributed by atoms with Gasteiger partial charge in [0, 0.05) is 22.7 Å². The van der Waals surface area contributed by atoms with Crippen LogP contribution in [0.5, 0.6) is 0 Å². The number of nitrogens with two attached hydrogens (primary N) is 2. The second-order valence-corrected chi connectivity index (χ2v) is 4.22. The summed E-state index contributed by atoms with van der Waals surface area (Å²) in [7, 11) is 0. The molecule has 0 amide bonds. The van der Waals surface area contributed by atoms with Gasteiger partial charge >= 0.3 is 0 Å². The maximum Gasteiger partial charge on any atom is 0.184 e. The molecule has 6 heteroatoms. The van der Waals surface area contributed by atoms with Crippen molar-refractivity contribution in [3.8, 4) is 0 Å². The molecule has 1 aromatic carbocycles. The largest absolute Gasteiger partial charge is 0.398 e. The Morgan fingerprint density at radius 3 is 2.83 bits per heavy atom. The number of rotatable bonds is 2. The summed E-state index contributed by atoms with van der Waals surface area (Å²) in [6.07, 6.45) is 1.70. The summed E-state index contributed by atoms with van der Waals surface area (Å²) < 4.78 is 0. The molecular weight excluding hydrogens is 246 g/mol. The van der Waals surface area contributed by atoms with Crippen LogP contribution in [0, 0.1) is 0 Å². The van der Waals surface area contributed by atoms with Crippen LogP contribution in [-0.2, 0) is 0 Å². The highest BCUT2D eigenvalue weighted by atomic mass is 32.1. The van der Waals surface area contributed by atoms with Gasteiger partial charge in [0.15, 0.2) is 5.11 Å². The predicted molar refractivity (Wildman–Crippen MR) is 78.3 cm³/mol. The van der Waals surface area contributed by atoms with Crippen molar-refractivity contribution in [2.24, 2.45) is 10.8 Å². The minimum absolute atomic E-state index is 0.120. The van der Waals surface area contributed by atoms with Crippen molar-refractivity contribution in [2.75, 3.05) is 5.73 Å². The minimum atomic E-state index is 0.120. The number of hydrazone groups is 1. The Morgan fingerprint density at radius 2 is 2.11 bits per heavy atom. The van der Waals surface area contributed by atoms with Crippen molar-refractivity contribution in [3.05, 3.63) is 36.2 Å². The van der Waals surface area contributed by atoms with Gasteiger partial charge in [0.2, 0.25) is 0 Å². The monoisotopic (exact) mass is 259 g/mol. The Bertz CT molecular complexity index is 635. The van der Waals surface area contributed by atoms with E-state index in [2.05, 4.69) is 15.5 Å². The quantitative estimate of drug-likeness (QED) is 0.328. The second-order valence-electron chi connectivity index (χ2n) is 3.78. The number of hydrogen-bond donors (Lipinski definition) is 3. The first-order valence-electron chi connectivity index (χ1n) is 5.33. The zero-order valence-corrected chi connectivity index (χ0v) is 10.7. The molecule has 0 aliphatic carbocycles. The molecule has 0 saturated carbocycles. The molecule has 18 heavy (non-hydrogen) atoms. The molecule has 0 saturated heterocycles. The molecule has 0 bridgehead atoms. The molecule has 1 heterocycles. The van der Waals surface area contributed by atoms with E-state index in [0.717, 1.165) is 16.5 Å². The number of hydrogen-bond acceptors (Lipinski definition) is 4. The van der Waals surface area contributed by atoms with Crippen LogP contribution in [0.15, 0.2) is 35.6 Å². The summed E-state index contributed by atoms with van der Waals surface area (Å²) in [4.78, 5) is 4.32. The highest BCUT2D eigenvalue weighted by Crippen LogP contribution is 2.22. The molecule has 0 unspecified atom stereocenters. The molecule has 0 spiro atoms. The zero-order valence-electron chi connectivity index (χ0n) is 9.84.